The summed E-state index contributed by atoms with van der Waals surface area (Å²) in [4.78, 5) is 17.8. The Balaban J connectivity index is 0.00000441. The second-order valence-electron chi connectivity index (χ2n) is 4.92. The first-order valence-corrected chi connectivity index (χ1v) is 7.39. The molecule has 0 radical (unpaired) electrons. The highest BCUT2D eigenvalue weighted by Crippen LogP contribution is 2.02. The zero-order valence-electron chi connectivity index (χ0n) is 13.6. The molecule has 2 N–H and O–H groups in total. The number of aliphatic imine (C=N–C) groups is 1. The number of rotatable bonds is 7. The van der Waals surface area contributed by atoms with Crippen molar-refractivity contribution < 1.29 is 4.79 Å². The Morgan fingerprint density at radius 1 is 1.18 bits per heavy atom. The summed E-state index contributed by atoms with van der Waals surface area (Å²) < 4.78 is 0. The number of guanidine groups is 1. The van der Waals surface area contributed by atoms with Gasteiger partial charge in [0.25, 0.3) is 0 Å². The van der Waals surface area contributed by atoms with Crippen LogP contribution in [0.4, 0.5) is 0 Å². The molecular weight excluding hydrogens is 391 g/mol. The van der Waals surface area contributed by atoms with E-state index in [-0.39, 0.29) is 29.9 Å². The maximum absolute atomic E-state index is 11.5. The lowest BCUT2D eigenvalue weighted by atomic mass is 10.2. The van der Waals surface area contributed by atoms with Gasteiger partial charge in [-0.2, -0.15) is 0 Å². The smallest absolute Gasteiger partial charge is 0.221 e. The molecular formula is C16H27IN4O. The number of nitrogens with zero attached hydrogens (tertiary/aromatic N) is 2. The van der Waals surface area contributed by atoms with Crippen LogP contribution in [0.2, 0.25) is 0 Å². The predicted octanol–water partition coefficient (Wildman–Crippen LogP) is 2.23. The molecule has 0 spiro atoms. The van der Waals surface area contributed by atoms with Crippen molar-refractivity contribution in [3.63, 3.8) is 0 Å². The molecule has 1 aromatic rings. The molecule has 0 heterocycles. The highest BCUT2D eigenvalue weighted by atomic mass is 127. The fraction of sp³-hybridized carbons (Fsp3) is 0.500. The molecule has 0 atom stereocenters. The molecule has 22 heavy (non-hydrogen) atoms. The number of hydrogen-bond donors (Lipinski definition) is 2. The molecule has 0 aliphatic rings. The first kappa shape index (κ1) is 20.7. The van der Waals surface area contributed by atoms with Crippen molar-refractivity contribution in [2.75, 3.05) is 27.2 Å². The molecule has 0 aromatic heterocycles. The maximum atomic E-state index is 11.5. The number of hydrogen-bond acceptors (Lipinski definition) is 2. The lowest BCUT2D eigenvalue weighted by Crippen LogP contribution is -2.40. The SMILES string of the molecule is CCCNC(=O)CCNC(=NC)N(C)Cc1ccccc1.I. The van der Waals surface area contributed by atoms with Gasteiger partial charge in [0.2, 0.25) is 5.91 Å². The minimum atomic E-state index is 0. The van der Waals surface area contributed by atoms with Gasteiger partial charge >= 0.3 is 0 Å². The van der Waals surface area contributed by atoms with Crippen LogP contribution >= 0.6 is 24.0 Å². The fourth-order valence-corrected chi connectivity index (χ4v) is 1.96. The summed E-state index contributed by atoms with van der Waals surface area (Å²) >= 11 is 0. The van der Waals surface area contributed by atoms with Gasteiger partial charge in [0, 0.05) is 40.2 Å². The van der Waals surface area contributed by atoms with E-state index >= 15 is 0 Å². The van der Waals surface area contributed by atoms with E-state index in [1.165, 1.54) is 5.56 Å². The Morgan fingerprint density at radius 3 is 2.45 bits per heavy atom. The summed E-state index contributed by atoms with van der Waals surface area (Å²) in [6.45, 7) is 4.14. The highest BCUT2D eigenvalue weighted by Gasteiger charge is 2.07. The highest BCUT2D eigenvalue weighted by molar-refractivity contribution is 14.0. The molecule has 0 aliphatic heterocycles. The van der Waals surface area contributed by atoms with Crippen LogP contribution in [0.25, 0.3) is 0 Å². The summed E-state index contributed by atoms with van der Waals surface area (Å²) in [5.74, 6) is 0.868. The van der Waals surface area contributed by atoms with E-state index in [0.717, 1.165) is 25.5 Å². The van der Waals surface area contributed by atoms with Crippen molar-refractivity contribution in [1.29, 1.82) is 0 Å². The first-order valence-electron chi connectivity index (χ1n) is 7.39. The number of carbonyl (C=O) groups excluding carboxylic acids is 1. The van der Waals surface area contributed by atoms with Gasteiger partial charge in [-0.3, -0.25) is 9.79 Å². The number of nitrogens with one attached hydrogen (secondary N) is 2. The summed E-state index contributed by atoms with van der Waals surface area (Å²) in [5.41, 5.74) is 1.23. The van der Waals surface area contributed by atoms with E-state index < -0.39 is 0 Å². The second kappa shape index (κ2) is 12.3. The summed E-state index contributed by atoms with van der Waals surface area (Å²) in [6, 6.07) is 10.2. The van der Waals surface area contributed by atoms with Crippen molar-refractivity contribution in [2.24, 2.45) is 4.99 Å². The van der Waals surface area contributed by atoms with Crippen LogP contribution in [0.15, 0.2) is 35.3 Å². The fourth-order valence-electron chi connectivity index (χ4n) is 1.96. The molecule has 0 bridgehead atoms. The van der Waals surface area contributed by atoms with E-state index in [0.29, 0.717) is 13.0 Å². The number of carbonyl (C=O) groups is 1. The topological polar surface area (TPSA) is 56.7 Å². The molecule has 1 aromatic carbocycles. The van der Waals surface area contributed by atoms with Gasteiger partial charge in [-0.05, 0) is 12.0 Å². The van der Waals surface area contributed by atoms with Gasteiger partial charge in [0.05, 0.1) is 0 Å². The average Bonchev–Trinajstić information content (AvgIpc) is 2.50. The van der Waals surface area contributed by atoms with E-state index in [1.54, 1.807) is 7.05 Å². The Labute approximate surface area is 150 Å². The Morgan fingerprint density at radius 2 is 1.86 bits per heavy atom. The Hall–Kier alpha value is -1.31. The largest absolute Gasteiger partial charge is 0.356 e. The Bertz CT molecular complexity index is 451. The van der Waals surface area contributed by atoms with Gasteiger partial charge in [-0.1, -0.05) is 37.3 Å². The zero-order chi connectivity index (χ0) is 15.5. The van der Waals surface area contributed by atoms with Crippen LogP contribution in [0.1, 0.15) is 25.3 Å². The van der Waals surface area contributed by atoms with Crippen LogP contribution in [0.3, 0.4) is 0 Å². The van der Waals surface area contributed by atoms with E-state index in [2.05, 4.69) is 27.8 Å². The molecule has 0 saturated heterocycles. The number of halogens is 1. The van der Waals surface area contributed by atoms with E-state index in [4.69, 9.17) is 0 Å². The van der Waals surface area contributed by atoms with Crippen molar-refractivity contribution in [3.8, 4) is 0 Å². The van der Waals surface area contributed by atoms with Crippen LogP contribution in [0.5, 0.6) is 0 Å². The number of amides is 1. The molecule has 6 heteroatoms. The molecule has 0 saturated carbocycles. The minimum Gasteiger partial charge on any atom is -0.356 e. The second-order valence-corrected chi connectivity index (χ2v) is 4.92. The monoisotopic (exact) mass is 418 g/mol. The van der Waals surface area contributed by atoms with Crippen LogP contribution in [-0.2, 0) is 11.3 Å². The molecule has 124 valence electrons. The van der Waals surface area contributed by atoms with Crippen molar-refractivity contribution in [2.45, 2.75) is 26.3 Å². The van der Waals surface area contributed by atoms with Gasteiger partial charge in [-0.25, -0.2) is 0 Å². The summed E-state index contributed by atoms with van der Waals surface area (Å²) in [7, 11) is 3.74. The Kier molecular flexibility index (Phi) is 11.5. The number of benzene rings is 1. The van der Waals surface area contributed by atoms with Gasteiger partial charge in [0.1, 0.15) is 0 Å². The third kappa shape index (κ3) is 8.21. The molecule has 0 aliphatic carbocycles. The van der Waals surface area contributed by atoms with Crippen molar-refractivity contribution in [3.05, 3.63) is 35.9 Å². The molecule has 1 rings (SSSR count). The molecule has 1 amide bonds. The lowest BCUT2D eigenvalue weighted by molar-refractivity contribution is -0.120. The van der Waals surface area contributed by atoms with Crippen LogP contribution in [0, 0.1) is 0 Å². The zero-order valence-corrected chi connectivity index (χ0v) is 16.0. The molecule has 0 fully saturated rings. The third-order valence-electron chi connectivity index (χ3n) is 3.04. The third-order valence-corrected chi connectivity index (χ3v) is 3.04. The summed E-state index contributed by atoms with van der Waals surface area (Å²) in [5, 5.41) is 6.07. The molecule has 0 unspecified atom stereocenters. The predicted molar refractivity (Wildman–Crippen MR) is 103 cm³/mol. The van der Waals surface area contributed by atoms with Crippen molar-refractivity contribution in [1.82, 2.24) is 15.5 Å². The summed E-state index contributed by atoms with van der Waals surface area (Å²) in [6.07, 6.45) is 1.42. The van der Waals surface area contributed by atoms with Gasteiger partial charge < -0.3 is 15.5 Å². The maximum Gasteiger partial charge on any atom is 0.221 e. The van der Waals surface area contributed by atoms with Crippen LogP contribution < -0.4 is 10.6 Å². The van der Waals surface area contributed by atoms with Crippen LogP contribution in [-0.4, -0.2) is 44.0 Å². The average molecular weight is 418 g/mol. The standard InChI is InChI=1S/C16H26N4O.HI/c1-4-11-18-15(21)10-12-19-16(17-2)20(3)13-14-8-6-5-7-9-14;/h5-9H,4,10-13H2,1-3H3,(H,17,19)(H,18,21);1H. The first-order chi connectivity index (χ1) is 10.2. The van der Waals surface area contributed by atoms with Gasteiger partial charge in [-0.15, -0.1) is 24.0 Å². The molecule has 5 nitrogen and oxygen atoms in total. The quantitative estimate of drug-likeness (QED) is 0.406. The minimum absolute atomic E-state index is 0. The van der Waals surface area contributed by atoms with E-state index in [9.17, 15) is 4.79 Å². The normalized spacial score (nSPS) is 10.6. The van der Waals surface area contributed by atoms with E-state index in [1.807, 2.05) is 37.1 Å². The lowest BCUT2D eigenvalue weighted by Gasteiger charge is -2.22. The van der Waals surface area contributed by atoms with Gasteiger partial charge in [0.15, 0.2) is 5.96 Å². The van der Waals surface area contributed by atoms with Crippen molar-refractivity contribution >= 4 is 35.8 Å².